The Morgan fingerprint density at radius 2 is 1.86 bits per heavy atom. The Labute approximate surface area is 132 Å². The van der Waals surface area contributed by atoms with Crippen molar-refractivity contribution in [3.63, 3.8) is 0 Å². The quantitative estimate of drug-likeness (QED) is 0.352. The van der Waals surface area contributed by atoms with Crippen molar-refractivity contribution in [2.24, 2.45) is 23.7 Å². The molecule has 1 aliphatic carbocycles. The molecule has 0 aromatic carbocycles. The topological polar surface area (TPSA) is 84.2 Å². The number of ether oxygens (including phenoxy) is 1. The highest BCUT2D eigenvalue weighted by Crippen LogP contribution is 2.42. The zero-order chi connectivity index (χ0) is 16.4. The first-order valence-electron chi connectivity index (χ1n) is 8.13. The second-order valence-electron chi connectivity index (χ2n) is 5.91. The molecule has 0 amide bonds. The lowest BCUT2D eigenvalue weighted by atomic mass is 9.84. The number of hydrogen-bond donors (Lipinski definition) is 0. The fourth-order valence-corrected chi connectivity index (χ4v) is 3.34. The smallest absolute Gasteiger partial charge is 0.305 e. The van der Waals surface area contributed by atoms with E-state index in [1.807, 2.05) is 0 Å². The van der Waals surface area contributed by atoms with Crippen molar-refractivity contribution >= 4 is 18.5 Å². The van der Waals surface area contributed by atoms with E-state index < -0.39 is 0 Å². The molecule has 1 fully saturated rings. The van der Waals surface area contributed by atoms with E-state index in [4.69, 9.17) is 4.74 Å². The molecular formula is C17H25NO4. The van der Waals surface area contributed by atoms with Crippen LogP contribution in [0.5, 0.6) is 0 Å². The maximum absolute atomic E-state index is 11.2. The summed E-state index contributed by atoms with van der Waals surface area (Å²) in [5.74, 6) is -0.943. The van der Waals surface area contributed by atoms with Crippen molar-refractivity contribution in [2.45, 2.75) is 51.9 Å². The summed E-state index contributed by atoms with van der Waals surface area (Å²) in [5, 5.41) is 9.23. The lowest BCUT2D eigenvalue weighted by Gasteiger charge is -2.17. The summed E-state index contributed by atoms with van der Waals surface area (Å²) in [6, 6.07) is 2.21. The van der Waals surface area contributed by atoms with E-state index in [1.165, 1.54) is 0 Å². The minimum absolute atomic E-state index is 0.00255. The number of unbranched alkanes of at least 4 members (excludes halogenated alkanes) is 3. The molecule has 0 radical (unpaired) electrons. The van der Waals surface area contributed by atoms with Crippen LogP contribution in [0.1, 0.15) is 51.9 Å². The molecule has 0 aliphatic heterocycles. The van der Waals surface area contributed by atoms with Gasteiger partial charge in [0.1, 0.15) is 12.6 Å². The van der Waals surface area contributed by atoms with Crippen molar-refractivity contribution in [2.75, 3.05) is 6.61 Å². The Kier molecular flexibility index (Phi) is 8.42. The average molecular weight is 307 g/mol. The van der Waals surface area contributed by atoms with Gasteiger partial charge in [0, 0.05) is 18.3 Å². The zero-order valence-electron chi connectivity index (χ0n) is 13.2. The van der Waals surface area contributed by atoms with Gasteiger partial charge < -0.3 is 14.3 Å². The number of hydrogen-bond acceptors (Lipinski definition) is 5. The lowest BCUT2D eigenvalue weighted by molar-refractivity contribution is -0.143. The molecule has 4 unspecified atom stereocenters. The zero-order valence-corrected chi connectivity index (χ0v) is 13.2. The van der Waals surface area contributed by atoms with Gasteiger partial charge in [-0.15, -0.1) is 0 Å². The molecule has 0 saturated heterocycles. The second-order valence-corrected chi connectivity index (χ2v) is 5.91. The molecule has 1 saturated carbocycles. The van der Waals surface area contributed by atoms with Crippen LogP contribution in [0.2, 0.25) is 0 Å². The summed E-state index contributed by atoms with van der Waals surface area (Å²) < 4.78 is 4.86. The minimum Gasteiger partial charge on any atom is -0.466 e. The molecule has 122 valence electrons. The van der Waals surface area contributed by atoms with Crippen molar-refractivity contribution in [1.29, 1.82) is 5.26 Å². The van der Waals surface area contributed by atoms with Gasteiger partial charge in [0.2, 0.25) is 0 Å². The van der Waals surface area contributed by atoms with Crippen LogP contribution in [0.4, 0.5) is 0 Å². The van der Waals surface area contributed by atoms with Crippen molar-refractivity contribution < 1.29 is 19.1 Å². The van der Waals surface area contributed by atoms with E-state index in [0.717, 1.165) is 44.7 Å². The molecule has 0 N–H and O–H groups in total. The van der Waals surface area contributed by atoms with Crippen molar-refractivity contribution in [3.8, 4) is 6.07 Å². The van der Waals surface area contributed by atoms with Crippen LogP contribution in [-0.2, 0) is 19.1 Å². The summed E-state index contributed by atoms with van der Waals surface area (Å²) >= 11 is 0. The summed E-state index contributed by atoms with van der Waals surface area (Å²) in [5.41, 5.74) is 0. The van der Waals surface area contributed by atoms with E-state index in [2.05, 4.69) is 6.07 Å². The number of carbonyl (C=O) groups excluding carboxylic acids is 3. The molecule has 5 nitrogen and oxygen atoms in total. The highest BCUT2D eigenvalue weighted by molar-refractivity contribution is 5.69. The predicted molar refractivity (Wildman–Crippen MR) is 80.7 cm³/mol. The first kappa shape index (κ1) is 18.3. The lowest BCUT2D eigenvalue weighted by Crippen LogP contribution is -2.17. The van der Waals surface area contributed by atoms with Gasteiger partial charge >= 0.3 is 5.97 Å². The SMILES string of the molecule is CCOC(=O)CCCCCCC1C(C=O)CC(C=O)C1C#N. The average Bonchev–Trinajstić information content (AvgIpc) is 2.87. The first-order valence-corrected chi connectivity index (χ1v) is 8.13. The predicted octanol–water partition coefficient (Wildman–Crippen LogP) is 2.68. The number of nitrogens with zero attached hydrogens (tertiary/aromatic N) is 1. The monoisotopic (exact) mass is 307 g/mol. The van der Waals surface area contributed by atoms with Crippen LogP contribution in [-0.4, -0.2) is 25.1 Å². The Morgan fingerprint density at radius 3 is 2.45 bits per heavy atom. The van der Waals surface area contributed by atoms with Crippen LogP contribution < -0.4 is 0 Å². The molecule has 1 aliphatic rings. The number of nitriles is 1. The third-order valence-electron chi connectivity index (χ3n) is 4.49. The van der Waals surface area contributed by atoms with Crippen LogP contribution in [0.15, 0.2) is 0 Å². The summed E-state index contributed by atoms with van der Waals surface area (Å²) in [6.45, 7) is 2.21. The van der Waals surface area contributed by atoms with Gasteiger partial charge in [0.25, 0.3) is 0 Å². The van der Waals surface area contributed by atoms with E-state index in [-0.39, 0.29) is 29.6 Å². The van der Waals surface area contributed by atoms with E-state index in [1.54, 1.807) is 6.92 Å². The number of carbonyl (C=O) groups is 3. The molecule has 0 bridgehead atoms. The molecule has 0 aromatic heterocycles. The van der Waals surface area contributed by atoms with Crippen LogP contribution in [0, 0.1) is 35.0 Å². The third-order valence-corrected chi connectivity index (χ3v) is 4.49. The Balaban J connectivity index is 2.28. The van der Waals surface area contributed by atoms with Gasteiger partial charge in [-0.25, -0.2) is 0 Å². The van der Waals surface area contributed by atoms with E-state index in [0.29, 0.717) is 19.4 Å². The van der Waals surface area contributed by atoms with Crippen LogP contribution >= 0.6 is 0 Å². The maximum Gasteiger partial charge on any atom is 0.305 e. The standard InChI is InChI=1S/C17H25NO4/c1-2-22-17(21)8-6-4-3-5-7-15-13(11-19)9-14(12-20)16(15)10-18/h11-16H,2-9H2,1H3. The molecule has 4 atom stereocenters. The fourth-order valence-electron chi connectivity index (χ4n) is 3.34. The molecule has 5 heteroatoms. The highest BCUT2D eigenvalue weighted by Gasteiger charge is 2.42. The first-order chi connectivity index (χ1) is 10.7. The number of esters is 1. The van der Waals surface area contributed by atoms with Crippen LogP contribution in [0.3, 0.4) is 0 Å². The molecular weight excluding hydrogens is 282 g/mol. The number of aldehydes is 2. The van der Waals surface area contributed by atoms with Gasteiger partial charge in [-0.1, -0.05) is 19.3 Å². The van der Waals surface area contributed by atoms with Gasteiger partial charge in [-0.2, -0.15) is 5.26 Å². The molecule has 0 heterocycles. The van der Waals surface area contributed by atoms with Crippen molar-refractivity contribution in [1.82, 2.24) is 0 Å². The second kappa shape index (κ2) is 10.1. The number of rotatable bonds is 10. The van der Waals surface area contributed by atoms with Crippen molar-refractivity contribution in [3.05, 3.63) is 0 Å². The normalized spacial score (nSPS) is 27.1. The van der Waals surface area contributed by atoms with Gasteiger partial charge in [-0.3, -0.25) is 4.79 Å². The largest absolute Gasteiger partial charge is 0.466 e. The van der Waals surface area contributed by atoms with Gasteiger partial charge in [0.15, 0.2) is 0 Å². The van der Waals surface area contributed by atoms with Gasteiger partial charge in [-0.05, 0) is 32.1 Å². The molecule has 0 aromatic rings. The highest BCUT2D eigenvalue weighted by atomic mass is 16.5. The van der Waals surface area contributed by atoms with Gasteiger partial charge in [0.05, 0.1) is 18.6 Å². The Morgan fingerprint density at radius 1 is 1.18 bits per heavy atom. The minimum atomic E-state index is -0.327. The summed E-state index contributed by atoms with van der Waals surface area (Å²) in [7, 11) is 0. The Hall–Kier alpha value is -1.70. The molecule has 0 spiro atoms. The van der Waals surface area contributed by atoms with E-state index in [9.17, 15) is 19.6 Å². The molecule has 22 heavy (non-hydrogen) atoms. The summed E-state index contributed by atoms with van der Waals surface area (Å²) in [4.78, 5) is 33.3. The van der Waals surface area contributed by atoms with Crippen LogP contribution in [0.25, 0.3) is 0 Å². The van der Waals surface area contributed by atoms with E-state index >= 15 is 0 Å². The fraction of sp³-hybridized carbons (Fsp3) is 0.765. The maximum atomic E-state index is 11.2. The summed E-state index contributed by atoms with van der Waals surface area (Å²) in [6.07, 6.45) is 7.10. The molecule has 1 rings (SSSR count). The Bertz CT molecular complexity index is 415. The third kappa shape index (κ3) is 5.25.